The second-order valence-corrected chi connectivity index (χ2v) is 6.35. The molecule has 0 aromatic heterocycles. The van der Waals surface area contributed by atoms with Gasteiger partial charge in [-0.1, -0.05) is 30.3 Å². The fraction of sp³-hybridized carbons (Fsp3) is 0.611. The minimum atomic E-state index is 0.279. The normalized spacial score (nSPS) is 17.1. The number of aryl methyl sites for hydroxylation is 1. The van der Waals surface area contributed by atoms with Crippen LogP contribution in [0.25, 0.3) is 0 Å². The van der Waals surface area contributed by atoms with Crippen LogP contribution in [0.1, 0.15) is 38.7 Å². The average Bonchev–Trinajstić information content (AvgIpc) is 2.53. The third kappa shape index (κ3) is 4.57. The van der Waals surface area contributed by atoms with E-state index in [1.165, 1.54) is 5.56 Å². The quantitative estimate of drug-likeness (QED) is 0.831. The van der Waals surface area contributed by atoms with Gasteiger partial charge >= 0.3 is 0 Å². The van der Waals surface area contributed by atoms with Gasteiger partial charge in [0, 0.05) is 38.6 Å². The highest BCUT2D eigenvalue weighted by atomic mass is 16.2. The molecule has 0 aliphatic carbocycles. The lowest BCUT2D eigenvalue weighted by atomic mass is 10.0. The molecule has 1 heterocycles. The highest BCUT2D eigenvalue weighted by Gasteiger charge is 2.25. The largest absolute Gasteiger partial charge is 0.343 e. The molecule has 1 aromatic rings. The van der Waals surface area contributed by atoms with E-state index in [0.717, 1.165) is 32.4 Å². The first kappa shape index (κ1) is 16.0. The maximum Gasteiger partial charge on any atom is 0.222 e. The topological polar surface area (TPSA) is 23.6 Å². The van der Waals surface area contributed by atoms with E-state index in [2.05, 4.69) is 30.9 Å². The molecule has 1 aliphatic heterocycles. The second kappa shape index (κ2) is 7.60. The maximum atomic E-state index is 12.3. The van der Waals surface area contributed by atoms with Crippen molar-refractivity contribution in [2.75, 3.05) is 20.1 Å². The van der Waals surface area contributed by atoms with Crippen molar-refractivity contribution in [3.63, 3.8) is 0 Å². The Bertz CT molecular complexity index is 436. The molecule has 1 aliphatic rings. The zero-order chi connectivity index (χ0) is 15.2. The number of hydrogen-bond acceptors (Lipinski definition) is 2. The van der Waals surface area contributed by atoms with Crippen LogP contribution < -0.4 is 0 Å². The zero-order valence-electron chi connectivity index (χ0n) is 13.6. The number of likely N-dealkylation sites (tertiary alicyclic amines) is 1. The summed E-state index contributed by atoms with van der Waals surface area (Å²) in [7, 11) is 1.98. The second-order valence-electron chi connectivity index (χ2n) is 6.35. The molecule has 21 heavy (non-hydrogen) atoms. The van der Waals surface area contributed by atoms with Crippen molar-refractivity contribution in [2.45, 2.75) is 51.6 Å². The van der Waals surface area contributed by atoms with Crippen molar-refractivity contribution >= 4 is 5.91 Å². The fourth-order valence-corrected chi connectivity index (χ4v) is 3.07. The molecule has 0 saturated carbocycles. The Morgan fingerprint density at radius 2 is 1.86 bits per heavy atom. The number of carbonyl (C=O) groups excluding carboxylic acids is 1. The third-order valence-corrected chi connectivity index (χ3v) is 4.64. The molecule has 0 N–H and O–H groups in total. The Balaban J connectivity index is 1.78. The predicted octanol–water partition coefficient (Wildman–Crippen LogP) is 2.95. The number of piperidine rings is 1. The Kier molecular flexibility index (Phi) is 5.80. The van der Waals surface area contributed by atoms with Gasteiger partial charge in [-0.15, -0.1) is 0 Å². The van der Waals surface area contributed by atoms with Crippen molar-refractivity contribution in [2.24, 2.45) is 0 Å². The molecule has 1 fully saturated rings. The molecule has 1 amide bonds. The van der Waals surface area contributed by atoms with E-state index in [4.69, 9.17) is 0 Å². The zero-order valence-corrected chi connectivity index (χ0v) is 13.6. The minimum absolute atomic E-state index is 0.279. The smallest absolute Gasteiger partial charge is 0.222 e. The SMILES string of the molecule is CC(C)N1CCC(N(C)C(=O)CCc2ccccc2)CC1. The molecule has 1 aromatic carbocycles. The monoisotopic (exact) mass is 288 g/mol. The number of benzene rings is 1. The van der Waals surface area contributed by atoms with E-state index < -0.39 is 0 Å². The lowest BCUT2D eigenvalue weighted by Crippen LogP contribution is -2.47. The van der Waals surface area contributed by atoms with Crippen LogP contribution >= 0.6 is 0 Å². The lowest BCUT2D eigenvalue weighted by molar-refractivity contribution is -0.132. The highest BCUT2D eigenvalue weighted by molar-refractivity contribution is 5.76. The van der Waals surface area contributed by atoms with Crippen molar-refractivity contribution in [1.82, 2.24) is 9.80 Å². The fourth-order valence-electron chi connectivity index (χ4n) is 3.07. The summed E-state index contributed by atoms with van der Waals surface area (Å²) >= 11 is 0. The number of amides is 1. The van der Waals surface area contributed by atoms with Crippen molar-refractivity contribution < 1.29 is 4.79 Å². The van der Waals surface area contributed by atoms with Gasteiger partial charge < -0.3 is 9.80 Å². The number of nitrogens with zero attached hydrogens (tertiary/aromatic N) is 2. The van der Waals surface area contributed by atoms with Crippen LogP contribution in [0.15, 0.2) is 30.3 Å². The van der Waals surface area contributed by atoms with E-state index in [1.54, 1.807) is 0 Å². The molecule has 3 heteroatoms. The van der Waals surface area contributed by atoms with Gasteiger partial charge in [-0.2, -0.15) is 0 Å². The lowest BCUT2D eigenvalue weighted by Gasteiger charge is -2.38. The Labute approximate surface area is 128 Å². The maximum absolute atomic E-state index is 12.3. The summed E-state index contributed by atoms with van der Waals surface area (Å²) in [6, 6.07) is 11.3. The predicted molar refractivity (Wildman–Crippen MR) is 87.3 cm³/mol. The minimum Gasteiger partial charge on any atom is -0.343 e. The first-order valence-electron chi connectivity index (χ1n) is 8.11. The van der Waals surface area contributed by atoms with Crippen LogP contribution in [0.2, 0.25) is 0 Å². The summed E-state index contributed by atoms with van der Waals surface area (Å²) in [5, 5.41) is 0. The van der Waals surface area contributed by atoms with Gasteiger partial charge in [0.05, 0.1) is 0 Å². The third-order valence-electron chi connectivity index (χ3n) is 4.64. The van der Waals surface area contributed by atoms with Crippen molar-refractivity contribution in [1.29, 1.82) is 0 Å². The van der Waals surface area contributed by atoms with E-state index in [9.17, 15) is 4.79 Å². The molecular weight excluding hydrogens is 260 g/mol. The average molecular weight is 288 g/mol. The molecule has 3 nitrogen and oxygen atoms in total. The van der Waals surface area contributed by atoms with Crippen LogP contribution in [-0.4, -0.2) is 47.9 Å². The van der Waals surface area contributed by atoms with Gasteiger partial charge in [0.25, 0.3) is 0 Å². The van der Waals surface area contributed by atoms with Crippen LogP contribution in [-0.2, 0) is 11.2 Å². The van der Waals surface area contributed by atoms with Gasteiger partial charge in [-0.05, 0) is 38.7 Å². The number of rotatable bonds is 5. The summed E-state index contributed by atoms with van der Waals surface area (Å²) in [6.07, 6.45) is 3.66. The van der Waals surface area contributed by atoms with E-state index in [1.807, 2.05) is 30.1 Å². The molecule has 0 radical (unpaired) electrons. The summed E-state index contributed by atoms with van der Waals surface area (Å²) < 4.78 is 0. The molecule has 2 rings (SSSR count). The molecule has 0 unspecified atom stereocenters. The Hall–Kier alpha value is -1.35. The molecular formula is C18H28N2O. The summed E-state index contributed by atoms with van der Waals surface area (Å²) in [4.78, 5) is 16.8. The number of carbonyl (C=O) groups is 1. The van der Waals surface area contributed by atoms with Gasteiger partial charge in [0.15, 0.2) is 0 Å². The summed E-state index contributed by atoms with van der Waals surface area (Å²) in [5.74, 6) is 0.279. The summed E-state index contributed by atoms with van der Waals surface area (Å²) in [6.45, 7) is 6.71. The van der Waals surface area contributed by atoms with Crippen molar-refractivity contribution in [3.8, 4) is 0 Å². The molecule has 1 saturated heterocycles. The van der Waals surface area contributed by atoms with E-state index in [-0.39, 0.29) is 5.91 Å². The van der Waals surface area contributed by atoms with Crippen LogP contribution in [0.5, 0.6) is 0 Å². The van der Waals surface area contributed by atoms with Crippen LogP contribution in [0.3, 0.4) is 0 Å². The molecule has 0 atom stereocenters. The van der Waals surface area contributed by atoms with Gasteiger partial charge in [-0.25, -0.2) is 0 Å². The molecule has 0 spiro atoms. The Morgan fingerprint density at radius 3 is 2.43 bits per heavy atom. The summed E-state index contributed by atoms with van der Waals surface area (Å²) in [5.41, 5.74) is 1.24. The molecule has 0 bridgehead atoms. The van der Waals surface area contributed by atoms with Gasteiger partial charge in [0.1, 0.15) is 0 Å². The van der Waals surface area contributed by atoms with Crippen LogP contribution in [0, 0.1) is 0 Å². The first-order chi connectivity index (χ1) is 10.1. The highest BCUT2D eigenvalue weighted by Crippen LogP contribution is 2.18. The Morgan fingerprint density at radius 1 is 1.24 bits per heavy atom. The van der Waals surface area contributed by atoms with Crippen molar-refractivity contribution in [3.05, 3.63) is 35.9 Å². The van der Waals surface area contributed by atoms with E-state index in [0.29, 0.717) is 18.5 Å². The number of hydrogen-bond donors (Lipinski definition) is 0. The van der Waals surface area contributed by atoms with Gasteiger partial charge in [0.2, 0.25) is 5.91 Å². The van der Waals surface area contributed by atoms with E-state index >= 15 is 0 Å². The molecule has 116 valence electrons. The standard InChI is InChI=1S/C18H28N2O/c1-15(2)20-13-11-17(12-14-20)19(3)18(21)10-9-16-7-5-4-6-8-16/h4-8,15,17H,9-14H2,1-3H3. The first-order valence-corrected chi connectivity index (χ1v) is 8.11. The van der Waals surface area contributed by atoms with Gasteiger partial charge in [-0.3, -0.25) is 4.79 Å². The van der Waals surface area contributed by atoms with Crippen LogP contribution in [0.4, 0.5) is 0 Å².